The molecule has 0 aliphatic carbocycles. The SMILES string of the molecule is COc1ccc(Nc2ccc(F)c(F)c2)cc1Cl. The molecule has 0 aliphatic heterocycles. The van der Waals surface area contributed by atoms with Gasteiger partial charge in [0.25, 0.3) is 0 Å². The van der Waals surface area contributed by atoms with Crippen LogP contribution in [0.3, 0.4) is 0 Å². The number of ether oxygens (including phenoxy) is 1. The van der Waals surface area contributed by atoms with Crippen LogP contribution in [-0.2, 0) is 0 Å². The molecular formula is C13H10ClF2NO. The van der Waals surface area contributed by atoms with Crippen molar-refractivity contribution in [3.05, 3.63) is 53.1 Å². The van der Waals surface area contributed by atoms with Crippen molar-refractivity contribution < 1.29 is 13.5 Å². The van der Waals surface area contributed by atoms with Crippen LogP contribution in [0.4, 0.5) is 20.2 Å². The van der Waals surface area contributed by atoms with Crippen LogP contribution >= 0.6 is 11.6 Å². The lowest BCUT2D eigenvalue weighted by Gasteiger charge is -2.09. The van der Waals surface area contributed by atoms with Crippen molar-refractivity contribution in [1.29, 1.82) is 0 Å². The Balaban J connectivity index is 2.23. The summed E-state index contributed by atoms with van der Waals surface area (Å²) in [4.78, 5) is 0. The van der Waals surface area contributed by atoms with E-state index in [1.165, 1.54) is 13.2 Å². The van der Waals surface area contributed by atoms with Crippen LogP contribution < -0.4 is 10.1 Å². The van der Waals surface area contributed by atoms with Gasteiger partial charge in [0.05, 0.1) is 12.1 Å². The molecular weight excluding hydrogens is 260 g/mol. The van der Waals surface area contributed by atoms with Gasteiger partial charge >= 0.3 is 0 Å². The lowest BCUT2D eigenvalue weighted by atomic mass is 10.2. The van der Waals surface area contributed by atoms with Crippen molar-refractivity contribution >= 4 is 23.0 Å². The van der Waals surface area contributed by atoms with Crippen molar-refractivity contribution in [3.8, 4) is 5.75 Å². The number of rotatable bonds is 3. The first-order valence-corrected chi connectivity index (χ1v) is 5.53. The highest BCUT2D eigenvalue weighted by atomic mass is 35.5. The van der Waals surface area contributed by atoms with Crippen LogP contribution in [0.1, 0.15) is 0 Å². The second kappa shape index (κ2) is 5.23. The lowest BCUT2D eigenvalue weighted by Crippen LogP contribution is -1.93. The highest BCUT2D eigenvalue weighted by Gasteiger charge is 2.05. The largest absolute Gasteiger partial charge is 0.495 e. The quantitative estimate of drug-likeness (QED) is 0.893. The zero-order valence-electron chi connectivity index (χ0n) is 9.51. The molecule has 94 valence electrons. The zero-order chi connectivity index (χ0) is 13.1. The van der Waals surface area contributed by atoms with Crippen LogP contribution in [0.15, 0.2) is 36.4 Å². The first-order valence-electron chi connectivity index (χ1n) is 5.16. The molecule has 0 radical (unpaired) electrons. The van der Waals surface area contributed by atoms with E-state index in [9.17, 15) is 8.78 Å². The topological polar surface area (TPSA) is 21.3 Å². The van der Waals surface area contributed by atoms with Crippen molar-refractivity contribution in [2.75, 3.05) is 12.4 Å². The monoisotopic (exact) mass is 269 g/mol. The van der Waals surface area contributed by atoms with Gasteiger partial charge in [0.15, 0.2) is 11.6 Å². The summed E-state index contributed by atoms with van der Waals surface area (Å²) in [5.41, 5.74) is 1.10. The number of hydrogen-bond donors (Lipinski definition) is 1. The third kappa shape index (κ3) is 2.71. The average molecular weight is 270 g/mol. The van der Waals surface area contributed by atoms with Crippen molar-refractivity contribution in [3.63, 3.8) is 0 Å². The number of hydrogen-bond acceptors (Lipinski definition) is 2. The molecule has 0 aromatic heterocycles. The Kier molecular flexibility index (Phi) is 3.67. The fraction of sp³-hybridized carbons (Fsp3) is 0.0769. The first kappa shape index (κ1) is 12.6. The van der Waals surface area contributed by atoms with Gasteiger partial charge in [0.2, 0.25) is 0 Å². The number of halogens is 3. The second-order valence-corrected chi connectivity index (χ2v) is 4.01. The second-order valence-electron chi connectivity index (χ2n) is 3.60. The van der Waals surface area contributed by atoms with Crippen molar-refractivity contribution in [1.82, 2.24) is 0 Å². The fourth-order valence-corrected chi connectivity index (χ4v) is 1.74. The van der Waals surface area contributed by atoms with E-state index in [-0.39, 0.29) is 0 Å². The molecule has 0 aliphatic rings. The molecule has 2 nitrogen and oxygen atoms in total. The predicted octanol–water partition coefficient (Wildman–Crippen LogP) is 4.37. The third-order valence-corrected chi connectivity index (χ3v) is 2.66. The number of nitrogens with one attached hydrogen (secondary N) is 1. The van der Waals surface area contributed by atoms with Crippen LogP contribution in [0.25, 0.3) is 0 Å². The predicted molar refractivity (Wildman–Crippen MR) is 67.6 cm³/mol. The molecule has 0 fully saturated rings. The van der Waals surface area contributed by atoms with Gasteiger partial charge in [-0.05, 0) is 30.3 Å². The molecule has 2 aromatic carbocycles. The summed E-state index contributed by atoms with van der Waals surface area (Å²) in [5.74, 6) is -1.24. The van der Waals surface area contributed by atoms with Crippen molar-refractivity contribution in [2.45, 2.75) is 0 Å². The van der Waals surface area contributed by atoms with Gasteiger partial charge in [0.1, 0.15) is 5.75 Å². The Hall–Kier alpha value is -1.81. The van der Waals surface area contributed by atoms with Gasteiger partial charge in [-0.15, -0.1) is 0 Å². The molecule has 5 heteroatoms. The molecule has 18 heavy (non-hydrogen) atoms. The minimum Gasteiger partial charge on any atom is -0.495 e. The third-order valence-electron chi connectivity index (χ3n) is 2.36. The summed E-state index contributed by atoms with van der Waals surface area (Å²) >= 11 is 5.95. The van der Waals surface area contributed by atoms with Crippen LogP contribution in [0.5, 0.6) is 5.75 Å². The van der Waals surface area contributed by atoms with Gasteiger partial charge in [-0.3, -0.25) is 0 Å². The minimum absolute atomic E-state index is 0.435. The summed E-state index contributed by atoms with van der Waals surface area (Å²) in [6, 6.07) is 8.63. The maximum absolute atomic E-state index is 13.0. The van der Waals surface area contributed by atoms with E-state index in [1.807, 2.05) is 0 Å². The van der Waals surface area contributed by atoms with E-state index >= 15 is 0 Å². The highest BCUT2D eigenvalue weighted by Crippen LogP contribution is 2.29. The van der Waals surface area contributed by atoms with E-state index in [4.69, 9.17) is 16.3 Å². The minimum atomic E-state index is -0.903. The molecule has 0 bridgehead atoms. The highest BCUT2D eigenvalue weighted by molar-refractivity contribution is 6.32. The molecule has 1 N–H and O–H groups in total. The summed E-state index contributed by atoms with van der Waals surface area (Å²) in [6.45, 7) is 0. The Morgan fingerprint density at radius 3 is 2.28 bits per heavy atom. The van der Waals surface area contributed by atoms with Crippen LogP contribution in [0, 0.1) is 11.6 Å². The van der Waals surface area contributed by atoms with E-state index < -0.39 is 11.6 Å². The van der Waals surface area contributed by atoms with Crippen LogP contribution in [-0.4, -0.2) is 7.11 Å². The van der Waals surface area contributed by atoms with Crippen LogP contribution in [0.2, 0.25) is 5.02 Å². The van der Waals surface area contributed by atoms with E-state index in [1.54, 1.807) is 18.2 Å². The first-order chi connectivity index (χ1) is 8.60. The Labute approximate surface area is 108 Å². The molecule has 0 saturated heterocycles. The summed E-state index contributed by atoms with van der Waals surface area (Å²) in [6.07, 6.45) is 0. The zero-order valence-corrected chi connectivity index (χ0v) is 10.3. The van der Waals surface area contributed by atoms with Gasteiger partial charge in [0, 0.05) is 17.4 Å². The fourth-order valence-electron chi connectivity index (χ4n) is 1.48. The van der Waals surface area contributed by atoms with E-state index in [0.29, 0.717) is 22.1 Å². The molecule has 2 rings (SSSR count). The summed E-state index contributed by atoms with van der Waals surface area (Å²) < 4.78 is 30.8. The molecule has 0 spiro atoms. The van der Waals surface area contributed by atoms with Crippen molar-refractivity contribution in [2.24, 2.45) is 0 Å². The smallest absolute Gasteiger partial charge is 0.160 e. The lowest BCUT2D eigenvalue weighted by molar-refractivity contribution is 0.415. The molecule has 0 heterocycles. The van der Waals surface area contributed by atoms with E-state index in [2.05, 4.69) is 5.32 Å². The van der Waals surface area contributed by atoms with Gasteiger partial charge in [-0.2, -0.15) is 0 Å². The number of anilines is 2. The van der Waals surface area contributed by atoms with Gasteiger partial charge in [-0.25, -0.2) is 8.78 Å². The van der Waals surface area contributed by atoms with E-state index in [0.717, 1.165) is 12.1 Å². The van der Waals surface area contributed by atoms with Gasteiger partial charge in [-0.1, -0.05) is 11.6 Å². The number of methoxy groups -OCH3 is 1. The molecule has 2 aromatic rings. The number of benzene rings is 2. The maximum atomic E-state index is 13.0. The molecule has 0 saturated carbocycles. The molecule has 0 atom stereocenters. The molecule has 0 unspecified atom stereocenters. The Morgan fingerprint density at radius 2 is 1.67 bits per heavy atom. The maximum Gasteiger partial charge on any atom is 0.160 e. The Morgan fingerprint density at radius 1 is 1.00 bits per heavy atom. The standard InChI is InChI=1S/C13H10ClF2NO/c1-18-13-5-3-8(6-10(13)14)17-9-2-4-11(15)12(16)7-9/h2-7,17H,1H3. The summed E-state index contributed by atoms with van der Waals surface area (Å²) in [7, 11) is 1.52. The Bertz CT molecular complexity index is 575. The summed E-state index contributed by atoms with van der Waals surface area (Å²) in [5, 5.41) is 3.35. The molecule has 0 amide bonds. The normalized spacial score (nSPS) is 10.2. The average Bonchev–Trinajstić information content (AvgIpc) is 2.34. The van der Waals surface area contributed by atoms with Gasteiger partial charge < -0.3 is 10.1 Å².